The zero-order valence-electron chi connectivity index (χ0n) is 21.5. The average Bonchev–Trinajstić information content (AvgIpc) is 3.37. The lowest BCUT2D eigenvalue weighted by molar-refractivity contribution is -0.615. The van der Waals surface area contributed by atoms with Gasteiger partial charge in [-0.3, -0.25) is 9.48 Å². The zero-order chi connectivity index (χ0) is 28.0. The van der Waals surface area contributed by atoms with E-state index < -0.39 is 11.9 Å². The maximum Gasteiger partial charge on any atom is 0.267 e. The molecule has 5 aromatic rings. The molecule has 1 aliphatic carbocycles. The van der Waals surface area contributed by atoms with Gasteiger partial charge in [-0.1, -0.05) is 24.4 Å². The molecule has 1 atom stereocenters. The molecule has 1 aliphatic rings. The van der Waals surface area contributed by atoms with E-state index in [0.717, 1.165) is 12.8 Å². The number of tetrazole rings is 1. The highest BCUT2D eigenvalue weighted by atomic mass is 35.5. The van der Waals surface area contributed by atoms with Crippen LogP contribution in [-0.4, -0.2) is 46.9 Å². The van der Waals surface area contributed by atoms with E-state index in [2.05, 4.69) is 25.7 Å². The van der Waals surface area contributed by atoms with Gasteiger partial charge in [0.2, 0.25) is 5.69 Å². The molecule has 0 N–H and O–H groups in total. The number of nitrogens with zero attached hydrogens (tertiary/aromatic N) is 9. The first-order valence-corrected chi connectivity index (χ1v) is 12.8. The summed E-state index contributed by atoms with van der Waals surface area (Å²) < 4.78 is 26.1. The predicted octanol–water partition coefficient (Wildman–Crippen LogP) is 3.11. The Kier molecular flexibility index (Phi) is 6.50. The number of aromatic nitrogens is 9. The molecular weight excluding hydrogens is 541 g/mol. The first-order chi connectivity index (χ1) is 19.3. The number of rotatable bonds is 8. The van der Waals surface area contributed by atoms with Crippen molar-refractivity contribution in [3.63, 3.8) is 0 Å². The lowest BCUT2D eigenvalue weighted by Crippen LogP contribution is -2.36. The molecule has 0 aliphatic heterocycles. The number of aryl methyl sites for hydroxylation is 1. The van der Waals surface area contributed by atoms with Gasteiger partial charge in [-0.05, 0) is 34.9 Å². The summed E-state index contributed by atoms with van der Waals surface area (Å²) in [4.78, 5) is 12.1. The highest BCUT2D eigenvalue weighted by molar-refractivity contribution is 6.31. The van der Waals surface area contributed by atoms with E-state index in [0.29, 0.717) is 33.9 Å². The van der Waals surface area contributed by atoms with Crippen LogP contribution in [0.2, 0.25) is 5.02 Å². The maximum atomic E-state index is 15.5. The van der Waals surface area contributed by atoms with Crippen molar-refractivity contribution in [2.45, 2.75) is 25.3 Å². The molecule has 0 spiro atoms. The highest BCUT2D eigenvalue weighted by Gasteiger charge is 2.34. The second kappa shape index (κ2) is 10.2. The monoisotopic (exact) mass is 563 g/mol. The number of pyridine rings is 1. The summed E-state index contributed by atoms with van der Waals surface area (Å²) in [7, 11) is 3.02. The van der Waals surface area contributed by atoms with Gasteiger partial charge >= 0.3 is 0 Å². The fourth-order valence-electron chi connectivity index (χ4n) is 4.71. The predicted molar refractivity (Wildman–Crippen MR) is 141 cm³/mol. The summed E-state index contributed by atoms with van der Waals surface area (Å²) in [6.07, 6.45) is 10.4. The van der Waals surface area contributed by atoms with Gasteiger partial charge in [0.15, 0.2) is 12.0 Å². The first kappa shape index (κ1) is 25.6. The molecule has 4 heterocycles. The Bertz CT molecular complexity index is 1770. The molecule has 1 saturated carbocycles. The lowest BCUT2D eigenvalue weighted by Gasteiger charge is -2.20. The summed E-state index contributed by atoms with van der Waals surface area (Å²) in [6, 6.07) is 5.59. The molecule has 1 fully saturated rings. The molecule has 4 aromatic heterocycles. The fraction of sp³-hybridized carbons (Fsp3) is 0.269. The summed E-state index contributed by atoms with van der Waals surface area (Å²) >= 11 is 6.13. The van der Waals surface area contributed by atoms with E-state index in [9.17, 15) is 10.0 Å². The van der Waals surface area contributed by atoms with Crippen molar-refractivity contribution in [2.24, 2.45) is 13.0 Å². The Labute approximate surface area is 231 Å². The minimum atomic E-state index is -0.741. The number of methoxy groups -OCH3 is 1. The van der Waals surface area contributed by atoms with Crippen molar-refractivity contribution in [3.8, 4) is 33.7 Å². The second-order valence-electron chi connectivity index (χ2n) is 9.63. The molecule has 0 radical (unpaired) electrons. The largest absolute Gasteiger partial charge is 0.618 e. The standard InChI is InChI=1S/C26H23ClFN9O3/c1-34-24(38)8-16(10-30-34)17-11-31-35(12-17)21(7-15-3-4-15)22-9-23(40-2)18(13-37(22)39)25-20(36-14-29-32-33-36)6-5-19(27)26(25)28/h5-6,8-15,21H,3-4,7H2,1-2H3. The van der Waals surface area contributed by atoms with E-state index >= 15 is 4.39 Å². The number of hydrogen-bond donors (Lipinski definition) is 0. The molecule has 1 unspecified atom stereocenters. The number of halogens is 2. The van der Waals surface area contributed by atoms with Gasteiger partial charge in [0.1, 0.15) is 18.1 Å². The van der Waals surface area contributed by atoms with Crippen LogP contribution < -0.4 is 15.0 Å². The molecule has 0 bridgehead atoms. The topological polar surface area (TPSA) is 132 Å². The van der Waals surface area contributed by atoms with E-state index in [1.54, 1.807) is 42.5 Å². The Morgan fingerprint density at radius 3 is 2.73 bits per heavy atom. The van der Waals surface area contributed by atoms with Gasteiger partial charge in [-0.2, -0.15) is 19.6 Å². The van der Waals surface area contributed by atoms with Crippen LogP contribution in [0.3, 0.4) is 0 Å². The van der Waals surface area contributed by atoms with E-state index in [1.807, 2.05) is 0 Å². The van der Waals surface area contributed by atoms with Crippen molar-refractivity contribution in [1.29, 1.82) is 0 Å². The van der Waals surface area contributed by atoms with Gasteiger partial charge in [0.25, 0.3) is 5.56 Å². The minimum absolute atomic E-state index is 0.0195. The molecule has 204 valence electrons. The SMILES string of the molecule is COc1cc(C(CC2CC2)n2cc(-c3cnn(C)c(=O)c3)cn2)[n+]([O-])cc1-c1c(-n2cnnn2)ccc(Cl)c1F. The molecule has 12 nitrogen and oxygen atoms in total. The smallest absolute Gasteiger partial charge is 0.267 e. The lowest BCUT2D eigenvalue weighted by atomic mass is 10.0. The molecule has 40 heavy (non-hydrogen) atoms. The number of ether oxygens (including phenoxy) is 1. The highest BCUT2D eigenvalue weighted by Crippen LogP contribution is 2.42. The molecule has 6 rings (SSSR count). The van der Waals surface area contributed by atoms with Gasteiger partial charge in [0.05, 0.1) is 47.4 Å². The summed E-state index contributed by atoms with van der Waals surface area (Å²) in [5.41, 5.74) is 1.93. The maximum absolute atomic E-state index is 15.5. The molecule has 0 amide bonds. The second-order valence-corrected chi connectivity index (χ2v) is 10.0. The first-order valence-electron chi connectivity index (χ1n) is 12.4. The number of benzene rings is 1. The summed E-state index contributed by atoms with van der Waals surface area (Å²) in [6.45, 7) is 0. The summed E-state index contributed by atoms with van der Waals surface area (Å²) in [5.74, 6) is -0.0399. The molecular formula is C26H23ClFN9O3. The van der Waals surface area contributed by atoms with Crippen LogP contribution in [0.15, 0.2) is 60.2 Å². The van der Waals surface area contributed by atoms with E-state index in [4.69, 9.17) is 16.3 Å². The van der Waals surface area contributed by atoms with Crippen LogP contribution in [0.5, 0.6) is 5.75 Å². The third-order valence-electron chi connectivity index (χ3n) is 7.02. The molecule has 1 aromatic carbocycles. The Hall–Kier alpha value is -4.65. The third-order valence-corrected chi connectivity index (χ3v) is 7.31. The normalized spacial score (nSPS) is 13.9. The number of hydrogen-bond acceptors (Lipinski definition) is 8. The van der Waals surface area contributed by atoms with Gasteiger partial charge < -0.3 is 9.94 Å². The van der Waals surface area contributed by atoms with Gasteiger partial charge in [0, 0.05) is 30.4 Å². The molecule has 14 heteroatoms. The third kappa shape index (κ3) is 4.68. The van der Waals surface area contributed by atoms with Crippen molar-refractivity contribution in [1.82, 2.24) is 39.8 Å². The Balaban J connectivity index is 1.46. The minimum Gasteiger partial charge on any atom is -0.618 e. The molecule has 0 saturated heterocycles. The van der Waals surface area contributed by atoms with Crippen LogP contribution in [0.25, 0.3) is 27.9 Å². The quantitative estimate of drug-likeness (QED) is 0.208. The van der Waals surface area contributed by atoms with Crippen LogP contribution in [0.1, 0.15) is 31.0 Å². The fourth-order valence-corrected chi connectivity index (χ4v) is 4.87. The van der Waals surface area contributed by atoms with Crippen molar-refractivity contribution < 1.29 is 13.9 Å². The van der Waals surface area contributed by atoms with Crippen LogP contribution in [0, 0.1) is 16.9 Å². The van der Waals surface area contributed by atoms with E-state index in [1.165, 1.54) is 41.1 Å². The van der Waals surface area contributed by atoms with Crippen LogP contribution in [0.4, 0.5) is 4.39 Å². The van der Waals surface area contributed by atoms with Gasteiger partial charge in [-0.15, -0.1) is 5.10 Å². The van der Waals surface area contributed by atoms with Crippen molar-refractivity contribution in [3.05, 3.63) is 87.5 Å². The van der Waals surface area contributed by atoms with Gasteiger partial charge in [-0.25, -0.2) is 9.07 Å². The Morgan fingerprint density at radius 2 is 2.02 bits per heavy atom. The van der Waals surface area contributed by atoms with Crippen LogP contribution >= 0.6 is 11.6 Å². The average molecular weight is 564 g/mol. The van der Waals surface area contributed by atoms with E-state index in [-0.39, 0.29) is 33.1 Å². The zero-order valence-corrected chi connectivity index (χ0v) is 22.2. The Morgan fingerprint density at radius 1 is 1.23 bits per heavy atom. The van der Waals surface area contributed by atoms with Crippen molar-refractivity contribution >= 4 is 11.6 Å². The van der Waals surface area contributed by atoms with Crippen molar-refractivity contribution in [2.75, 3.05) is 7.11 Å². The summed E-state index contributed by atoms with van der Waals surface area (Å²) in [5, 5.41) is 33.2. The van der Waals surface area contributed by atoms with Crippen LogP contribution in [-0.2, 0) is 7.05 Å².